The molecular weight excluding hydrogens is 1280 g/mol. The molecule has 3 amide bonds. The van der Waals surface area contributed by atoms with Gasteiger partial charge in [0.1, 0.15) is 46.4 Å². The minimum Gasteiger partial charge on any atom is -0.502 e. The minimum atomic E-state index is -1.27. The Morgan fingerprint density at radius 2 is 0.816 bits per heavy atom. The van der Waals surface area contributed by atoms with Gasteiger partial charge in [0.15, 0.2) is 22.8 Å². The number of benzene rings is 7. The van der Waals surface area contributed by atoms with Gasteiger partial charge in [-0.1, -0.05) is 85.8 Å². The van der Waals surface area contributed by atoms with Crippen molar-refractivity contribution in [3.8, 4) is 28.7 Å². The molecule has 1 N–H and O–H groups in total. The highest BCUT2D eigenvalue weighted by molar-refractivity contribution is 5.97. The molecule has 3 aliphatic rings. The van der Waals surface area contributed by atoms with Crippen molar-refractivity contribution >= 4 is 17.7 Å². The number of hydrogen-bond donors (Lipinski definition) is 1. The highest BCUT2D eigenvalue weighted by Gasteiger charge is 2.45. The predicted molar refractivity (Wildman–Crippen MR) is 344 cm³/mol. The molecule has 0 spiro atoms. The van der Waals surface area contributed by atoms with E-state index in [-0.39, 0.29) is 79.6 Å². The van der Waals surface area contributed by atoms with Crippen LogP contribution in [0.1, 0.15) is 120 Å². The lowest BCUT2D eigenvalue weighted by Crippen LogP contribution is -2.48. The summed E-state index contributed by atoms with van der Waals surface area (Å²) in [6.07, 6.45) is 3.03. The zero-order chi connectivity index (χ0) is 68.6. The van der Waals surface area contributed by atoms with Crippen molar-refractivity contribution in [2.75, 3.05) is 46.4 Å². The number of aromatic hydroxyl groups is 1. The van der Waals surface area contributed by atoms with Crippen LogP contribution < -0.4 is 25.8 Å². The van der Waals surface area contributed by atoms with Gasteiger partial charge >= 0.3 is 0 Å². The monoisotopic (exact) mass is 1340 g/mol. The van der Waals surface area contributed by atoms with Crippen molar-refractivity contribution in [1.29, 1.82) is 0 Å². The molecule has 6 heterocycles. The maximum atomic E-state index is 17.0. The van der Waals surface area contributed by atoms with E-state index in [0.717, 1.165) is 47.5 Å². The lowest BCUT2D eigenvalue weighted by atomic mass is 9.83. The van der Waals surface area contributed by atoms with Crippen molar-refractivity contribution in [1.82, 2.24) is 44.0 Å². The third-order valence-electron chi connectivity index (χ3n) is 17.8. The van der Waals surface area contributed by atoms with Crippen molar-refractivity contribution in [2.24, 2.45) is 0 Å². The maximum absolute atomic E-state index is 17.0. The van der Waals surface area contributed by atoms with Gasteiger partial charge in [-0.3, -0.25) is 42.8 Å². The zero-order valence-electron chi connectivity index (χ0n) is 52.4. The maximum Gasteiger partial charge on any atom is 0.276 e. The summed E-state index contributed by atoms with van der Waals surface area (Å²) in [7, 11) is 1.43. The summed E-state index contributed by atoms with van der Waals surface area (Å²) < 4.78 is 117. The Bertz CT molecular complexity index is 4910. The van der Waals surface area contributed by atoms with Gasteiger partial charge < -0.3 is 34.0 Å². The number of hydrogen-bond acceptors (Lipinski definition) is 13. The van der Waals surface area contributed by atoms with Crippen LogP contribution in [0.4, 0.5) is 26.3 Å². The number of nitrogens with zero attached hydrogens (tertiary/aromatic N) is 9. The molecule has 3 aromatic heterocycles. The molecule has 25 heteroatoms. The average Bonchev–Trinajstić information content (AvgIpc) is 0.752. The quantitative estimate of drug-likeness (QED) is 0.0704. The first-order chi connectivity index (χ1) is 47.3. The van der Waals surface area contributed by atoms with E-state index in [1.54, 1.807) is 54.6 Å². The molecule has 0 bridgehead atoms. The van der Waals surface area contributed by atoms with E-state index < -0.39 is 139 Å². The van der Waals surface area contributed by atoms with E-state index in [1.165, 1.54) is 116 Å². The molecular formula is C73H59F6N9O10. The Labute approximate surface area is 554 Å². The minimum absolute atomic E-state index is 0.0222. The summed E-state index contributed by atoms with van der Waals surface area (Å²) in [5.41, 5.74) is -2.29. The largest absolute Gasteiger partial charge is 0.502 e. The number of halogens is 6. The summed E-state index contributed by atoms with van der Waals surface area (Å²) >= 11 is 0. The predicted octanol–water partition coefficient (Wildman–Crippen LogP) is 11.2. The Balaban J connectivity index is 0.942. The van der Waals surface area contributed by atoms with Gasteiger partial charge in [0.25, 0.3) is 17.7 Å². The average molecular weight is 1340 g/mol. The van der Waals surface area contributed by atoms with Gasteiger partial charge in [-0.05, 0) is 118 Å². The SMILES string of the molecule is CCCN1CC(C(c2cccc(F)c2)c2cc(F)cc(Oc3c4n(ncc3=O)C(C(c3cccc(F)c3)c3cc(F)cc(Oc5c6n(ncc5=O)C(C(c5cccc(F)c5)c5cccc(F)c5)CN(CCOC)C6=O)c3)CN(Cc3ccccc3)C4=O)c2)n2ncc(=O)c(O)c2C1=O. The summed E-state index contributed by atoms with van der Waals surface area (Å²) in [4.78, 5) is 90.2. The van der Waals surface area contributed by atoms with Crippen molar-refractivity contribution < 1.29 is 60.0 Å². The lowest BCUT2D eigenvalue weighted by Gasteiger charge is -2.40. The Morgan fingerprint density at radius 1 is 0.439 bits per heavy atom. The van der Waals surface area contributed by atoms with E-state index in [4.69, 9.17) is 14.2 Å². The molecule has 0 saturated heterocycles. The second-order valence-corrected chi connectivity index (χ2v) is 24.1. The summed E-state index contributed by atoms with van der Waals surface area (Å²) in [6, 6.07) is 34.2. The molecule has 0 saturated carbocycles. The molecule has 498 valence electrons. The fourth-order valence-corrected chi connectivity index (χ4v) is 13.6. The van der Waals surface area contributed by atoms with Crippen molar-refractivity contribution in [3.63, 3.8) is 0 Å². The van der Waals surface area contributed by atoms with Crippen molar-refractivity contribution in [3.05, 3.63) is 304 Å². The van der Waals surface area contributed by atoms with E-state index in [0.29, 0.717) is 23.1 Å². The third kappa shape index (κ3) is 12.8. The molecule has 13 rings (SSSR count). The van der Waals surface area contributed by atoms with Crippen LogP contribution in [-0.4, -0.2) is 113 Å². The smallest absolute Gasteiger partial charge is 0.276 e. The number of aromatic nitrogens is 6. The number of rotatable bonds is 20. The van der Waals surface area contributed by atoms with Crippen LogP contribution in [0.25, 0.3) is 0 Å². The Morgan fingerprint density at radius 3 is 1.24 bits per heavy atom. The van der Waals surface area contributed by atoms with Gasteiger partial charge in [-0.15, -0.1) is 0 Å². The summed E-state index contributed by atoms with van der Waals surface area (Å²) in [5.74, 6) is -13.0. The molecule has 0 fully saturated rings. The standard InChI is InChI=1S/C73H59F6N9O10/c1-3-21-83-38-57(86-65(71(83)93)68(92)59(89)34-80-86)63(44-15-9-19-50(76)26-44)46-28-52(78)33-55(30-46)98-70-61(91)36-82-88-58(40-85(73(95)67(70)88)37-41-11-5-4-6-12-41)64(45-16-10-20-51(77)27-45)47-29-53(79)32-54(31-47)97-69-60(90)35-81-87-56(39-84(22-23-96-2)72(94)66(69)87)62(42-13-7-17-48(74)24-42)43-14-8-18-49(75)25-43/h4-20,24-36,56-58,62-64,92H,3,21-23,37-40H2,1-2H3. The van der Waals surface area contributed by atoms with Gasteiger partial charge in [-0.2, -0.15) is 15.3 Å². The second kappa shape index (κ2) is 27.3. The molecule has 3 aliphatic heterocycles. The second-order valence-electron chi connectivity index (χ2n) is 24.1. The van der Waals surface area contributed by atoms with Gasteiger partial charge in [0.2, 0.25) is 27.8 Å². The number of carbonyl (C=O) groups excluding carboxylic acids is 3. The van der Waals surface area contributed by atoms with Crippen LogP contribution in [-0.2, 0) is 11.3 Å². The summed E-state index contributed by atoms with van der Waals surface area (Å²) in [5, 5.41) is 24.4. The molecule has 7 aromatic carbocycles. The zero-order valence-corrected chi connectivity index (χ0v) is 52.4. The highest BCUT2D eigenvalue weighted by atomic mass is 19.1. The third-order valence-corrected chi connectivity index (χ3v) is 17.8. The molecule has 5 unspecified atom stereocenters. The fourth-order valence-electron chi connectivity index (χ4n) is 13.6. The molecule has 0 aliphatic carbocycles. The first-order valence-electron chi connectivity index (χ1n) is 31.3. The number of methoxy groups -OCH3 is 1. The highest BCUT2D eigenvalue weighted by Crippen LogP contribution is 2.46. The van der Waals surface area contributed by atoms with Crippen molar-refractivity contribution in [2.45, 2.75) is 55.8 Å². The van der Waals surface area contributed by atoms with Gasteiger partial charge in [0, 0.05) is 76.3 Å². The molecule has 19 nitrogen and oxygen atoms in total. The van der Waals surface area contributed by atoms with Crippen LogP contribution >= 0.6 is 0 Å². The molecule has 98 heavy (non-hydrogen) atoms. The summed E-state index contributed by atoms with van der Waals surface area (Å²) in [6.45, 7) is 1.34. The van der Waals surface area contributed by atoms with Crippen LogP contribution in [0.5, 0.6) is 28.7 Å². The van der Waals surface area contributed by atoms with Gasteiger partial charge in [-0.25, -0.2) is 26.3 Å². The topological polar surface area (TPSA) is 214 Å². The van der Waals surface area contributed by atoms with Gasteiger partial charge in [0.05, 0.1) is 43.3 Å². The fraction of sp³-hybridized carbons (Fsp3) is 0.219. The number of ether oxygens (including phenoxy) is 3. The van der Waals surface area contributed by atoms with E-state index in [9.17, 15) is 29.1 Å². The Hall–Kier alpha value is -11.5. The first-order valence-corrected chi connectivity index (χ1v) is 31.3. The number of amides is 3. The molecule has 0 radical (unpaired) electrons. The number of carbonyl (C=O) groups is 3. The number of fused-ring (bicyclic) bond motifs is 3. The van der Waals surface area contributed by atoms with E-state index in [2.05, 4.69) is 15.3 Å². The van der Waals surface area contributed by atoms with Crippen LogP contribution in [0.3, 0.4) is 0 Å². The Kier molecular flexibility index (Phi) is 18.2. The lowest BCUT2D eigenvalue weighted by molar-refractivity contribution is 0.0565. The first kappa shape index (κ1) is 65.2. The van der Waals surface area contributed by atoms with E-state index in [1.807, 2.05) is 6.92 Å². The van der Waals surface area contributed by atoms with Crippen LogP contribution in [0.2, 0.25) is 0 Å². The van der Waals surface area contributed by atoms with E-state index >= 15 is 31.1 Å². The normalized spacial score (nSPS) is 16.6. The van der Waals surface area contributed by atoms with Crippen LogP contribution in [0, 0.1) is 34.9 Å². The van der Waals surface area contributed by atoms with Crippen LogP contribution in [0.15, 0.2) is 197 Å². The molecule has 10 aromatic rings. The molecule has 5 atom stereocenters.